The number of benzene rings is 1. The largest absolute Gasteiger partial charge is 0.488 e. The number of hydrogen-bond acceptors (Lipinski definition) is 6. The Kier molecular flexibility index (Phi) is 7.10. The molecule has 0 saturated carbocycles. The number of ether oxygens (including phenoxy) is 2. The Hall–Kier alpha value is -1.47. The van der Waals surface area contributed by atoms with Gasteiger partial charge in [-0.25, -0.2) is 0 Å². The molecule has 0 aliphatic carbocycles. The molecule has 0 radical (unpaired) electrons. The second-order valence-electron chi connectivity index (χ2n) is 6.87. The van der Waals surface area contributed by atoms with Crippen LogP contribution in [0.25, 0.3) is 5.57 Å². The monoisotopic (exact) mass is 437 g/mol. The molecular formula is C21H24ClNO3S2. The van der Waals surface area contributed by atoms with Gasteiger partial charge in [-0.3, -0.25) is 4.79 Å². The Morgan fingerprint density at radius 2 is 2.07 bits per heavy atom. The maximum absolute atomic E-state index is 11.5. The van der Waals surface area contributed by atoms with E-state index in [1.54, 1.807) is 11.3 Å². The summed E-state index contributed by atoms with van der Waals surface area (Å²) in [5.74, 6) is 1.04. The minimum atomic E-state index is -0.208. The van der Waals surface area contributed by atoms with E-state index in [1.165, 1.54) is 40.5 Å². The zero-order valence-corrected chi connectivity index (χ0v) is 18.5. The maximum atomic E-state index is 11.5. The molecule has 1 saturated heterocycles. The van der Waals surface area contributed by atoms with Crippen LogP contribution in [0.1, 0.15) is 28.8 Å². The van der Waals surface area contributed by atoms with Crippen LogP contribution < -0.4 is 4.74 Å². The van der Waals surface area contributed by atoms with Crippen molar-refractivity contribution < 1.29 is 14.3 Å². The lowest BCUT2D eigenvalue weighted by Crippen LogP contribution is -2.26. The molecule has 0 unspecified atom stereocenters. The zero-order chi connectivity index (χ0) is 18.8. The van der Waals surface area contributed by atoms with Gasteiger partial charge in [-0.1, -0.05) is 5.57 Å². The highest BCUT2D eigenvalue weighted by Crippen LogP contribution is 2.44. The smallest absolute Gasteiger partial charge is 0.315 e. The molecular weight excluding hydrogens is 414 g/mol. The fraction of sp³-hybridized carbons (Fsp3) is 0.381. The summed E-state index contributed by atoms with van der Waals surface area (Å²) in [6, 6.07) is 8.43. The molecule has 1 fully saturated rings. The summed E-state index contributed by atoms with van der Waals surface area (Å²) >= 11 is 3.31. The number of nitrogens with zero attached hydrogens (tertiary/aromatic N) is 1. The van der Waals surface area contributed by atoms with E-state index in [4.69, 9.17) is 9.47 Å². The third-order valence-electron chi connectivity index (χ3n) is 5.11. The third-order valence-corrected chi connectivity index (χ3v) is 7.05. The molecule has 2 aromatic rings. The first-order valence-electron chi connectivity index (χ1n) is 9.10. The van der Waals surface area contributed by atoms with Crippen LogP contribution in [-0.2, 0) is 16.1 Å². The van der Waals surface area contributed by atoms with Gasteiger partial charge in [0.05, 0.1) is 12.9 Å². The molecule has 2 aliphatic heterocycles. The number of carbonyl (C=O) groups is 1. The molecule has 0 bridgehead atoms. The Morgan fingerprint density at radius 3 is 2.82 bits per heavy atom. The Morgan fingerprint density at radius 1 is 1.29 bits per heavy atom. The normalized spacial score (nSPS) is 16.4. The first kappa shape index (κ1) is 21.2. The lowest BCUT2D eigenvalue weighted by atomic mass is 9.91. The number of thioether (sulfide) groups is 1. The highest BCUT2D eigenvalue weighted by atomic mass is 35.5. The number of piperidine rings is 1. The van der Waals surface area contributed by atoms with Crippen molar-refractivity contribution in [3.05, 3.63) is 51.2 Å². The van der Waals surface area contributed by atoms with E-state index in [1.807, 2.05) is 12.1 Å². The predicted molar refractivity (Wildman–Crippen MR) is 118 cm³/mol. The van der Waals surface area contributed by atoms with Crippen LogP contribution in [-0.4, -0.2) is 43.9 Å². The second kappa shape index (κ2) is 9.35. The van der Waals surface area contributed by atoms with Crippen molar-refractivity contribution in [3.8, 4) is 5.75 Å². The first-order valence-corrected chi connectivity index (χ1v) is 11.0. The number of thiophene rings is 1. The minimum Gasteiger partial charge on any atom is -0.488 e. The molecule has 28 heavy (non-hydrogen) atoms. The van der Waals surface area contributed by atoms with Gasteiger partial charge in [-0.2, -0.15) is 0 Å². The Bertz CT molecular complexity index is 884. The quantitative estimate of drug-likeness (QED) is 0.506. The summed E-state index contributed by atoms with van der Waals surface area (Å²) in [5, 5.41) is 2.16. The molecule has 0 atom stereocenters. The van der Waals surface area contributed by atoms with Gasteiger partial charge in [0.2, 0.25) is 0 Å². The van der Waals surface area contributed by atoms with Crippen LogP contribution in [0.2, 0.25) is 0 Å². The summed E-state index contributed by atoms with van der Waals surface area (Å²) in [6.07, 6.45) is 2.17. The van der Waals surface area contributed by atoms with Crippen LogP contribution in [0, 0.1) is 0 Å². The van der Waals surface area contributed by atoms with Crippen molar-refractivity contribution in [2.45, 2.75) is 24.3 Å². The molecule has 1 aromatic heterocycles. The number of hydrogen-bond donors (Lipinski definition) is 0. The molecule has 0 N–H and O–H groups in total. The zero-order valence-electron chi connectivity index (χ0n) is 16.0. The third kappa shape index (κ3) is 4.40. The number of halogens is 1. The van der Waals surface area contributed by atoms with Crippen molar-refractivity contribution in [2.75, 3.05) is 33.0 Å². The van der Waals surface area contributed by atoms with Gasteiger partial charge in [-0.15, -0.1) is 35.5 Å². The molecule has 0 spiro atoms. The van der Waals surface area contributed by atoms with E-state index in [9.17, 15) is 4.79 Å². The van der Waals surface area contributed by atoms with E-state index in [-0.39, 0.29) is 18.4 Å². The fourth-order valence-corrected chi connectivity index (χ4v) is 5.34. The van der Waals surface area contributed by atoms with Crippen molar-refractivity contribution in [3.63, 3.8) is 0 Å². The molecule has 4 nitrogen and oxygen atoms in total. The average Bonchev–Trinajstić information content (AvgIpc) is 3.09. The molecule has 4 rings (SSSR count). The average molecular weight is 438 g/mol. The summed E-state index contributed by atoms with van der Waals surface area (Å²) in [4.78, 5) is 16.3. The van der Waals surface area contributed by atoms with E-state index in [0.29, 0.717) is 12.4 Å². The molecule has 1 aromatic carbocycles. The van der Waals surface area contributed by atoms with Crippen molar-refractivity contribution in [1.82, 2.24) is 4.90 Å². The topological polar surface area (TPSA) is 38.8 Å². The lowest BCUT2D eigenvalue weighted by Gasteiger charge is -2.26. The van der Waals surface area contributed by atoms with Crippen LogP contribution in [0.4, 0.5) is 0 Å². The van der Waals surface area contributed by atoms with Crippen molar-refractivity contribution >= 4 is 47.0 Å². The lowest BCUT2D eigenvalue weighted by molar-refractivity contribution is -0.137. The number of rotatable bonds is 3. The predicted octanol–water partition coefficient (Wildman–Crippen LogP) is 4.85. The van der Waals surface area contributed by atoms with Crippen LogP contribution in [0.3, 0.4) is 0 Å². The number of likely N-dealkylation sites (tertiary alicyclic amines) is 1. The van der Waals surface area contributed by atoms with E-state index < -0.39 is 0 Å². The summed E-state index contributed by atoms with van der Waals surface area (Å²) in [6.45, 7) is 2.79. The van der Waals surface area contributed by atoms with Gasteiger partial charge in [0.15, 0.2) is 0 Å². The van der Waals surface area contributed by atoms with Gasteiger partial charge < -0.3 is 14.4 Å². The minimum absolute atomic E-state index is 0. The Balaban J connectivity index is 0.00000225. The van der Waals surface area contributed by atoms with Crippen molar-refractivity contribution in [2.24, 2.45) is 0 Å². The first-order chi connectivity index (χ1) is 13.2. The van der Waals surface area contributed by atoms with Crippen molar-refractivity contribution in [1.29, 1.82) is 0 Å². The Labute approximate surface area is 180 Å². The van der Waals surface area contributed by atoms with Gasteiger partial charge in [0.25, 0.3) is 0 Å². The van der Waals surface area contributed by atoms with Gasteiger partial charge in [0.1, 0.15) is 12.4 Å². The van der Waals surface area contributed by atoms with Gasteiger partial charge in [-0.05, 0) is 49.5 Å². The number of methoxy groups -OCH3 is 1. The number of fused-ring (bicyclic) bond motifs is 2. The summed E-state index contributed by atoms with van der Waals surface area (Å²) < 4.78 is 10.9. The molecule has 2 aliphatic rings. The fourth-order valence-electron chi connectivity index (χ4n) is 3.56. The molecule has 150 valence electrons. The molecule has 7 heteroatoms. The van der Waals surface area contributed by atoms with Gasteiger partial charge in [0, 0.05) is 39.6 Å². The summed E-state index contributed by atoms with van der Waals surface area (Å²) in [7, 11) is 3.61. The highest BCUT2D eigenvalue weighted by Gasteiger charge is 2.25. The highest BCUT2D eigenvalue weighted by molar-refractivity contribution is 8.00. The van der Waals surface area contributed by atoms with Crippen LogP contribution in [0.5, 0.6) is 5.75 Å². The molecule has 3 heterocycles. The number of esters is 1. The SMILES string of the molecule is COC(=O)CSc1ccc2c(c1)C(=C1CCN(C)CC1)c1sccc1CO2.Cl. The van der Waals surface area contributed by atoms with E-state index in [2.05, 4.69) is 29.5 Å². The maximum Gasteiger partial charge on any atom is 0.315 e. The second-order valence-corrected chi connectivity index (χ2v) is 8.83. The number of carbonyl (C=O) groups excluding carboxylic acids is 1. The van der Waals surface area contributed by atoms with E-state index >= 15 is 0 Å². The van der Waals surface area contributed by atoms with E-state index in [0.717, 1.165) is 42.1 Å². The molecule has 0 amide bonds. The van der Waals surface area contributed by atoms with Crippen LogP contribution >= 0.6 is 35.5 Å². The van der Waals surface area contributed by atoms with Crippen LogP contribution in [0.15, 0.2) is 40.1 Å². The summed E-state index contributed by atoms with van der Waals surface area (Å²) in [5.41, 5.74) is 5.28. The van der Waals surface area contributed by atoms with Gasteiger partial charge >= 0.3 is 5.97 Å². The standard InChI is InChI=1S/C21H23NO3S2.ClH/c1-22-8-5-14(6-9-22)20-17-11-16(27-13-19(23)24-2)3-4-18(17)25-12-15-7-10-26-21(15)20;/h3-4,7,10-11H,5-6,8-9,12-13H2,1-2H3;1H.